The Morgan fingerprint density at radius 3 is 2.23 bits per heavy atom. The second kappa shape index (κ2) is 5.20. The molecular formula is C5H4Br2NNaO3S. The van der Waals surface area contributed by atoms with E-state index in [1.54, 1.807) is 0 Å². The molecule has 0 aromatic carbocycles. The molecule has 1 rings (SSSR count). The number of hydrogen-bond donors (Lipinski definition) is 1. The van der Waals surface area contributed by atoms with Crippen molar-refractivity contribution in [1.82, 2.24) is 4.98 Å². The summed E-state index contributed by atoms with van der Waals surface area (Å²) in [5.74, 6) is 0. The number of halogens is 2. The molecule has 0 radical (unpaired) electrons. The molecular weight excluding hydrogens is 337 g/mol. The normalized spacial score (nSPS) is 10.7. The third-order valence-electron chi connectivity index (χ3n) is 1.06. The average molecular weight is 341 g/mol. The molecule has 0 aliphatic rings. The summed E-state index contributed by atoms with van der Waals surface area (Å²) in [6.45, 7) is 0. The van der Waals surface area contributed by atoms with Gasteiger partial charge >= 0.3 is 29.6 Å². The summed E-state index contributed by atoms with van der Waals surface area (Å²) in [5, 5.41) is 0. The van der Waals surface area contributed by atoms with E-state index in [4.69, 9.17) is 4.55 Å². The van der Waals surface area contributed by atoms with Crippen LogP contribution in [0.15, 0.2) is 26.2 Å². The summed E-state index contributed by atoms with van der Waals surface area (Å²) < 4.78 is 30.5. The molecule has 4 nitrogen and oxygen atoms in total. The van der Waals surface area contributed by atoms with Crippen molar-refractivity contribution in [1.29, 1.82) is 0 Å². The Morgan fingerprint density at radius 2 is 1.85 bits per heavy atom. The number of hydrogen-bond acceptors (Lipinski definition) is 3. The molecule has 0 bridgehead atoms. The van der Waals surface area contributed by atoms with E-state index in [9.17, 15) is 8.42 Å². The molecule has 1 aromatic heterocycles. The number of pyridine rings is 1. The first-order valence-electron chi connectivity index (χ1n) is 2.71. The Kier molecular flexibility index (Phi) is 5.61. The van der Waals surface area contributed by atoms with Crippen molar-refractivity contribution >= 4 is 71.5 Å². The van der Waals surface area contributed by atoms with E-state index in [1.165, 1.54) is 12.1 Å². The predicted molar refractivity (Wildman–Crippen MR) is 56.6 cm³/mol. The van der Waals surface area contributed by atoms with Crippen molar-refractivity contribution in [2.24, 2.45) is 0 Å². The maximum atomic E-state index is 10.6. The molecule has 1 N–H and O–H groups in total. The van der Waals surface area contributed by atoms with Crippen molar-refractivity contribution < 1.29 is 13.0 Å². The SMILES string of the molecule is O=S(=O)(O)c1ccc(Br)nc1Br.[NaH]. The van der Waals surface area contributed by atoms with E-state index in [-0.39, 0.29) is 39.1 Å². The summed E-state index contributed by atoms with van der Waals surface area (Å²) in [5.41, 5.74) is 0. The fraction of sp³-hybridized carbons (Fsp3) is 0. The van der Waals surface area contributed by atoms with Crippen LogP contribution in [-0.2, 0) is 10.1 Å². The first kappa shape index (κ1) is 14.0. The molecule has 0 saturated carbocycles. The zero-order valence-electron chi connectivity index (χ0n) is 5.53. The molecule has 8 heteroatoms. The predicted octanol–water partition coefficient (Wildman–Crippen LogP) is 1.20. The Bertz CT molecular complexity index is 408. The van der Waals surface area contributed by atoms with Crippen LogP contribution in [0.4, 0.5) is 0 Å². The minimum absolute atomic E-state index is 0. The van der Waals surface area contributed by atoms with Crippen molar-refractivity contribution in [2.75, 3.05) is 0 Å². The van der Waals surface area contributed by atoms with Crippen LogP contribution in [0.5, 0.6) is 0 Å². The van der Waals surface area contributed by atoms with Gasteiger partial charge in [-0.25, -0.2) is 4.98 Å². The van der Waals surface area contributed by atoms with E-state index in [0.29, 0.717) is 4.60 Å². The van der Waals surface area contributed by atoms with Gasteiger partial charge in [0.15, 0.2) is 0 Å². The summed E-state index contributed by atoms with van der Waals surface area (Å²) in [6.07, 6.45) is 0. The third-order valence-corrected chi connectivity index (χ3v) is 3.25. The van der Waals surface area contributed by atoms with Crippen LogP contribution >= 0.6 is 31.9 Å². The summed E-state index contributed by atoms with van der Waals surface area (Å²) in [4.78, 5) is 3.49. The van der Waals surface area contributed by atoms with Gasteiger partial charge in [-0.1, -0.05) is 0 Å². The average Bonchev–Trinajstić information content (AvgIpc) is 1.83. The fourth-order valence-electron chi connectivity index (χ4n) is 0.592. The standard InChI is InChI=1S/C5H3Br2NO3S.Na.H/c6-4-2-1-3(5(7)8-4)12(9,10)11;;/h1-2H,(H,9,10,11);;. The van der Waals surface area contributed by atoms with Crippen molar-refractivity contribution in [3.8, 4) is 0 Å². The quantitative estimate of drug-likeness (QED) is 0.474. The van der Waals surface area contributed by atoms with Crippen LogP contribution in [0, 0.1) is 0 Å². The first-order valence-corrected chi connectivity index (χ1v) is 5.73. The second-order valence-electron chi connectivity index (χ2n) is 1.90. The Labute approximate surface area is 114 Å². The van der Waals surface area contributed by atoms with Crippen LogP contribution in [0.1, 0.15) is 0 Å². The third kappa shape index (κ3) is 3.94. The number of aromatic nitrogens is 1. The number of rotatable bonds is 1. The molecule has 0 aliphatic carbocycles. The molecule has 0 unspecified atom stereocenters. The molecule has 1 aromatic rings. The van der Waals surface area contributed by atoms with E-state index in [1.807, 2.05) is 0 Å². The molecule has 0 atom stereocenters. The first-order chi connectivity index (χ1) is 5.41. The Balaban J connectivity index is 0.00000144. The molecule has 1 heterocycles. The van der Waals surface area contributed by atoms with Crippen molar-refractivity contribution in [3.05, 3.63) is 21.3 Å². The molecule has 0 amide bonds. The van der Waals surface area contributed by atoms with Gasteiger partial charge in [-0.3, -0.25) is 4.55 Å². The van der Waals surface area contributed by atoms with Gasteiger partial charge < -0.3 is 0 Å². The minimum atomic E-state index is -4.18. The Hall–Kier alpha value is 1.02. The summed E-state index contributed by atoms with van der Waals surface area (Å²) in [7, 11) is -4.18. The van der Waals surface area contributed by atoms with Crippen LogP contribution in [0.3, 0.4) is 0 Å². The molecule has 13 heavy (non-hydrogen) atoms. The van der Waals surface area contributed by atoms with Gasteiger partial charge in [0.05, 0.1) is 0 Å². The molecule has 0 aliphatic heterocycles. The van der Waals surface area contributed by atoms with E-state index >= 15 is 0 Å². The zero-order valence-corrected chi connectivity index (χ0v) is 9.52. The number of nitrogens with zero attached hydrogens (tertiary/aromatic N) is 1. The molecule has 0 spiro atoms. The summed E-state index contributed by atoms with van der Waals surface area (Å²) in [6, 6.07) is 2.67. The van der Waals surface area contributed by atoms with Crippen LogP contribution in [0.25, 0.3) is 0 Å². The fourth-order valence-corrected chi connectivity index (χ4v) is 2.57. The van der Waals surface area contributed by atoms with E-state index in [2.05, 4.69) is 36.8 Å². The monoisotopic (exact) mass is 339 g/mol. The van der Waals surface area contributed by atoms with Gasteiger partial charge in [0.1, 0.15) is 14.1 Å². The Morgan fingerprint density at radius 1 is 1.31 bits per heavy atom. The molecule has 0 saturated heterocycles. The van der Waals surface area contributed by atoms with E-state index < -0.39 is 10.1 Å². The summed E-state index contributed by atoms with van der Waals surface area (Å²) >= 11 is 5.95. The van der Waals surface area contributed by atoms with Crippen molar-refractivity contribution in [2.45, 2.75) is 4.90 Å². The molecule has 68 valence electrons. The zero-order chi connectivity index (χ0) is 9.35. The van der Waals surface area contributed by atoms with Crippen molar-refractivity contribution in [3.63, 3.8) is 0 Å². The molecule has 0 fully saturated rings. The van der Waals surface area contributed by atoms with E-state index in [0.717, 1.165) is 0 Å². The second-order valence-corrected chi connectivity index (χ2v) is 4.85. The topological polar surface area (TPSA) is 67.3 Å². The van der Waals surface area contributed by atoms with Gasteiger partial charge in [0, 0.05) is 0 Å². The van der Waals surface area contributed by atoms with Gasteiger partial charge in [0.25, 0.3) is 10.1 Å². The van der Waals surface area contributed by atoms with Gasteiger partial charge in [-0.2, -0.15) is 8.42 Å². The van der Waals surface area contributed by atoms with Crippen LogP contribution < -0.4 is 0 Å². The van der Waals surface area contributed by atoms with Crippen LogP contribution in [0.2, 0.25) is 0 Å². The van der Waals surface area contributed by atoms with Crippen LogP contribution in [-0.4, -0.2) is 47.5 Å². The van der Waals surface area contributed by atoms with Gasteiger partial charge in [0.2, 0.25) is 0 Å². The van der Waals surface area contributed by atoms with Gasteiger partial charge in [-0.05, 0) is 44.0 Å². The maximum absolute atomic E-state index is 10.6. The van der Waals surface area contributed by atoms with Gasteiger partial charge in [-0.15, -0.1) is 0 Å².